The summed E-state index contributed by atoms with van der Waals surface area (Å²) in [7, 11) is 1.53. The fourth-order valence-electron chi connectivity index (χ4n) is 1.39. The van der Waals surface area contributed by atoms with E-state index in [1.165, 1.54) is 7.11 Å². The number of aromatic nitrogens is 1. The van der Waals surface area contributed by atoms with E-state index < -0.39 is 11.6 Å². The number of carboxylic acid groups (broad SMARTS) is 1. The summed E-state index contributed by atoms with van der Waals surface area (Å²) in [5.41, 5.74) is -0.244. The van der Waals surface area contributed by atoms with Crippen LogP contribution >= 0.6 is 0 Å². The average Bonchev–Trinajstić information content (AvgIpc) is 2.61. The molecule has 17 heavy (non-hydrogen) atoms. The van der Waals surface area contributed by atoms with Gasteiger partial charge in [0.15, 0.2) is 0 Å². The Hall–Kier alpha value is -1.36. The highest BCUT2D eigenvalue weighted by Crippen LogP contribution is 2.26. The predicted molar refractivity (Wildman–Crippen MR) is 62.0 cm³/mol. The van der Waals surface area contributed by atoms with Gasteiger partial charge in [-0.15, -0.1) is 0 Å². The number of carboxylic acids is 1. The van der Waals surface area contributed by atoms with Gasteiger partial charge in [-0.2, -0.15) is 0 Å². The number of carbonyl (C=O) groups is 1. The molecule has 0 spiro atoms. The maximum atomic E-state index is 11.1. The largest absolute Gasteiger partial charge is 0.475 e. The summed E-state index contributed by atoms with van der Waals surface area (Å²) in [5, 5.41) is 9.06. The van der Waals surface area contributed by atoms with Crippen LogP contribution in [0.25, 0.3) is 0 Å². The number of hydrogen-bond acceptors (Lipinski definition) is 4. The molecule has 0 aromatic carbocycles. The second kappa shape index (κ2) is 4.87. The molecule has 0 aliphatic carbocycles. The van der Waals surface area contributed by atoms with Crippen molar-refractivity contribution in [2.24, 2.45) is 5.92 Å². The Bertz CT molecular complexity index is 407. The maximum Gasteiger partial charge on any atom is 0.373 e. The van der Waals surface area contributed by atoms with E-state index in [-0.39, 0.29) is 5.76 Å². The van der Waals surface area contributed by atoms with Crippen molar-refractivity contribution in [2.75, 3.05) is 7.11 Å². The molecule has 0 fully saturated rings. The van der Waals surface area contributed by atoms with Crippen LogP contribution < -0.4 is 0 Å². The van der Waals surface area contributed by atoms with Crippen LogP contribution in [0.4, 0.5) is 0 Å². The van der Waals surface area contributed by atoms with Crippen LogP contribution in [0.2, 0.25) is 0 Å². The molecule has 0 radical (unpaired) electrons. The Balaban J connectivity index is 3.17. The normalized spacial score (nSPS) is 12.1. The Morgan fingerprint density at radius 3 is 2.53 bits per heavy atom. The van der Waals surface area contributed by atoms with Crippen molar-refractivity contribution in [1.29, 1.82) is 0 Å². The van der Waals surface area contributed by atoms with Crippen molar-refractivity contribution in [3.05, 3.63) is 17.3 Å². The molecule has 1 heterocycles. The first-order valence-electron chi connectivity index (χ1n) is 5.56. The van der Waals surface area contributed by atoms with Crippen LogP contribution in [0, 0.1) is 5.92 Å². The lowest BCUT2D eigenvalue weighted by molar-refractivity contribution is -0.00472. The van der Waals surface area contributed by atoms with Crippen LogP contribution in [-0.2, 0) is 16.8 Å². The number of aromatic carboxylic acids is 1. The lowest BCUT2D eigenvalue weighted by Gasteiger charge is -2.17. The van der Waals surface area contributed by atoms with Crippen LogP contribution in [-0.4, -0.2) is 23.2 Å². The molecule has 0 atom stereocenters. The highest BCUT2D eigenvalue weighted by Gasteiger charge is 2.30. The van der Waals surface area contributed by atoms with E-state index in [0.29, 0.717) is 23.9 Å². The minimum atomic E-state index is -1.09. The zero-order valence-electron chi connectivity index (χ0n) is 10.9. The molecule has 0 aliphatic heterocycles. The summed E-state index contributed by atoms with van der Waals surface area (Å²) in [5.74, 6) is -0.560. The van der Waals surface area contributed by atoms with Gasteiger partial charge in [-0.3, -0.25) is 0 Å². The van der Waals surface area contributed by atoms with Crippen LogP contribution in [0.3, 0.4) is 0 Å². The lowest BCUT2D eigenvalue weighted by atomic mass is 10.1. The molecular formula is C12H19NO4. The molecule has 1 N–H and O–H groups in total. The number of hydrogen-bond donors (Lipinski definition) is 1. The van der Waals surface area contributed by atoms with Gasteiger partial charge in [0.2, 0.25) is 11.7 Å². The van der Waals surface area contributed by atoms with E-state index in [1.54, 1.807) is 13.8 Å². The summed E-state index contributed by atoms with van der Waals surface area (Å²) in [6.07, 6.45) is 0.574. The molecule has 5 nitrogen and oxygen atoms in total. The highest BCUT2D eigenvalue weighted by atomic mass is 16.5. The van der Waals surface area contributed by atoms with Gasteiger partial charge in [0.25, 0.3) is 0 Å². The third-order valence-electron chi connectivity index (χ3n) is 2.52. The minimum Gasteiger partial charge on any atom is -0.475 e. The first kappa shape index (κ1) is 13.7. The summed E-state index contributed by atoms with van der Waals surface area (Å²) < 4.78 is 10.5. The number of oxazole rings is 1. The van der Waals surface area contributed by atoms with Crippen molar-refractivity contribution < 1.29 is 19.1 Å². The summed E-state index contributed by atoms with van der Waals surface area (Å²) in [6.45, 7) is 7.57. The third kappa shape index (κ3) is 3.06. The van der Waals surface area contributed by atoms with E-state index in [2.05, 4.69) is 4.98 Å². The summed E-state index contributed by atoms with van der Waals surface area (Å²) in [4.78, 5) is 15.3. The SMILES string of the molecule is COC(C)(C)c1nc(CC(C)C)c(C(=O)O)o1. The van der Waals surface area contributed by atoms with Crippen LogP contribution in [0.15, 0.2) is 4.42 Å². The Morgan fingerprint density at radius 2 is 2.12 bits per heavy atom. The van der Waals surface area contributed by atoms with Crippen molar-refractivity contribution >= 4 is 5.97 Å². The van der Waals surface area contributed by atoms with Gasteiger partial charge in [-0.1, -0.05) is 13.8 Å². The molecule has 0 unspecified atom stereocenters. The van der Waals surface area contributed by atoms with Gasteiger partial charge in [-0.05, 0) is 26.2 Å². The van der Waals surface area contributed by atoms with Gasteiger partial charge in [0.05, 0.1) is 5.69 Å². The molecule has 0 saturated carbocycles. The van der Waals surface area contributed by atoms with Crippen molar-refractivity contribution in [3.63, 3.8) is 0 Å². The van der Waals surface area contributed by atoms with Crippen LogP contribution in [0.1, 0.15) is 49.8 Å². The zero-order chi connectivity index (χ0) is 13.2. The molecule has 1 rings (SSSR count). The average molecular weight is 241 g/mol. The monoisotopic (exact) mass is 241 g/mol. The van der Waals surface area contributed by atoms with Gasteiger partial charge in [0.1, 0.15) is 5.60 Å². The molecule has 1 aromatic heterocycles. The third-order valence-corrected chi connectivity index (χ3v) is 2.52. The standard InChI is InChI=1S/C12H19NO4/c1-7(2)6-8-9(10(14)15)17-11(13-8)12(3,4)16-5/h7H,6H2,1-5H3,(H,14,15). The fourth-order valence-corrected chi connectivity index (χ4v) is 1.39. The molecule has 0 saturated heterocycles. The number of rotatable bonds is 5. The fraction of sp³-hybridized carbons (Fsp3) is 0.667. The smallest absolute Gasteiger partial charge is 0.373 e. The molecule has 0 bridgehead atoms. The highest BCUT2D eigenvalue weighted by molar-refractivity contribution is 5.85. The van der Waals surface area contributed by atoms with Gasteiger partial charge in [0, 0.05) is 7.11 Å². The Morgan fingerprint density at radius 1 is 1.53 bits per heavy atom. The lowest BCUT2D eigenvalue weighted by Crippen LogP contribution is -2.19. The summed E-state index contributed by atoms with van der Waals surface area (Å²) >= 11 is 0. The molecule has 0 aliphatic rings. The van der Waals surface area contributed by atoms with E-state index in [1.807, 2.05) is 13.8 Å². The molecular weight excluding hydrogens is 222 g/mol. The number of ether oxygens (including phenoxy) is 1. The molecule has 0 amide bonds. The van der Waals surface area contributed by atoms with Gasteiger partial charge in [-0.25, -0.2) is 9.78 Å². The Labute approximate surface area is 101 Å². The first-order chi connectivity index (χ1) is 7.77. The quantitative estimate of drug-likeness (QED) is 0.857. The minimum absolute atomic E-state index is 0.0844. The van der Waals surface area contributed by atoms with E-state index in [0.717, 1.165) is 0 Å². The second-order valence-corrected chi connectivity index (χ2v) is 4.91. The molecule has 1 aromatic rings. The van der Waals surface area contributed by atoms with Crippen molar-refractivity contribution in [1.82, 2.24) is 4.98 Å². The van der Waals surface area contributed by atoms with Crippen molar-refractivity contribution in [3.8, 4) is 0 Å². The van der Waals surface area contributed by atoms with Gasteiger partial charge < -0.3 is 14.3 Å². The molecule has 5 heteroatoms. The Kier molecular flexibility index (Phi) is 3.93. The topological polar surface area (TPSA) is 72.6 Å². The van der Waals surface area contributed by atoms with E-state index >= 15 is 0 Å². The molecule has 96 valence electrons. The predicted octanol–water partition coefficient (Wildman–Crippen LogP) is 2.45. The number of nitrogens with zero attached hydrogens (tertiary/aromatic N) is 1. The van der Waals surface area contributed by atoms with Crippen molar-refractivity contribution in [2.45, 2.75) is 39.7 Å². The van der Waals surface area contributed by atoms with Gasteiger partial charge >= 0.3 is 5.97 Å². The van der Waals surface area contributed by atoms with E-state index in [4.69, 9.17) is 14.3 Å². The zero-order valence-corrected chi connectivity index (χ0v) is 10.9. The van der Waals surface area contributed by atoms with E-state index in [9.17, 15) is 4.79 Å². The summed E-state index contributed by atoms with van der Waals surface area (Å²) in [6, 6.07) is 0. The maximum absolute atomic E-state index is 11.1. The number of methoxy groups -OCH3 is 1. The first-order valence-corrected chi connectivity index (χ1v) is 5.56. The second-order valence-electron chi connectivity index (χ2n) is 4.91. The van der Waals surface area contributed by atoms with Crippen LogP contribution in [0.5, 0.6) is 0 Å².